The summed E-state index contributed by atoms with van der Waals surface area (Å²) in [5, 5.41) is 3.17. The van der Waals surface area contributed by atoms with E-state index in [0.29, 0.717) is 6.54 Å². The fourth-order valence-corrected chi connectivity index (χ4v) is 3.35. The molecule has 0 aromatic heterocycles. The number of carbonyl (C=O) groups excluding carboxylic acids is 1. The van der Waals surface area contributed by atoms with Crippen molar-refractivity contribution in [2.75, 3.05) is 14.2 Å². The predicted octanol–water partition coefficient (Wildman–Crippen LogP) is 4.56. The number of hydrogen-bond donors (Lipinski definition) is 1. The molecule has 5 heteroatoms. The molecule has 1 amide bonds. The molecule has 1 N–H and O–H groups in total. The monoisotopic (exact) mass is 406 g/mol. The molecule has 0 heterocycles. The Morgan fingerprint density at radius 3 is 2.07 bits per heavy atom. The van der Waals surface area contributed by atoms with Gasteiger partial charge in [0.15, 0.2) is 11.6 Å². The smallest absolute Gasteiger partial charge is 0.237 e. The van der Waals surface area contributed by atoms with Gasteiger partial charge in [-0.15, -0.1) is 0 Å². The lowest BCUT2D eigenvalue weighted by atomic mass is 9.98. The molecule has 3 aromatic carbocycles. The van der Waals surface area contributed by atoms with Gasteiger partial charge in [-0.1, -0.05) is 66.7 Å². The molecule has 0 saturated carbocycles. The third-order valence-corrected chi connectivity index (χ3v) is 5.24. The van der Waals surface area contributed by atoms with E-state index in [1.54, 1.807) is 12.1 Å². The largest absolute Gasteiger partial charge is 0.494 e. The van der Waals surface area contributed by atoms with E-state index >= 15 is 0 Å². The fraction of sp³-hybridized carbons (Fsp3) is 0.240. The Balaban J connectivity index is 1.72. The van der Waals surface area contributed by atoms with E-state index in [-0.39, 0.29) is 17.7 Å². The average Bonchev–Trinajstić information content (AvgIpc) is 2.78. The summed E-state index contributed by atoms with van der Waals surface area (Å²) in [6.07, 6.45) is 0. The van der Waals surface area contributed by atoms with E-state index in [0.717, 1.165) is 16.7 Å². The molecule has 1 atom stereocenters. The third kappa shape index (κ3) is 5.24. The van der Waals surface area contributed by atoms with E-state index in [1.165, 1.54) is 13.2 Å². The van der Waals surface area contributed by atoms with E-state index < -0.39 is 11.9 Å². The van der Waals surface area contributed by atoms with Crippen molar-refractivity contribution in [3.8, 4) is 5.75 Å². The van der Waals surface area contributed by atoms with Crippen LogP contribution in [0, 0.1) is 5.82 Å². The Labute approximate surface area is 177 Å². The fourth-order valence-electron chi connectivity index (χ4n) is 3.35. The summed E-state index contributed by atoms with van der Waals surface area (Å²) in [4.78, 5) is 14.9. The summed E-state index contributed by atoms with van der Waals surface area (Å²) in [5.74, 6) is -0.293. The Morgan fingerprint density at radius 2 is 1.57 bits per heavy atom. The highest BCUT2D eigenvalue weighted by Crippen LogP contribution is 2.23. The van der Waals surface area contributed by atoms with Crippen LogP contribution < -0.4 is 10.1 Å². The van der Waals surface area contributed by atoms with Crippen LogP contribution >= 0.6 is 0 Å². The van der Waals surface area contributed by atoms with Gasteiger partial charge in [0.25, 0.3) is 0 Å². The summed E-state index contributed by atoms with van der Waals surface area (Å²) in [5.41, 5.74) is 2.81. The molecular weight excluding hydrogens is 379 g/mol. The topological polar surface area (TPSA) is 41.6 Å². The normalized spacial score (nSPS) is 12.1. The minimum absolute atomic E-state index is 0.0933. The maximum atomic E-state index is 14.0. The number of nitrogens with zero attached hydrogens (tertiary/aromatic N) is 1. The number of nitrogens with one attached hydrogen (secondary N) is 1. The maximum Gasteiger partial charge on any atom is 0.237 e. The van der Waals surface area contributed by atoms with Gasteiger partial charge in [-0.25, -0.2) is 4.39 Å². The van der Waals surface area contributed by atoms with Gasteiger partial charge in [-0.3, -0.25) is 9.69 Å². The number of ether oxygens (including phenoxy) is 1. The van der Waals surface area contributed by atoms with Gasteiger partial charge in [0.2, 0.25) is 5.91 Å². The van der Waals surface area contributed by atoms with E-state index in [1.807, 2.05) is 79.5 Å². The Bertz CT molecular complexity index is 924. The van der Waals surface area contributed by atoms with Crippen molar-refractivity contribution in [3.05, 3.63) is 101 Å². The number of methoxy groups -OCH3 is 1. The molecule has 0 aliphatic rings. The molecule has 0 bridgehead atoms. The van der Waals surface area contributed by atoms with Crippen molar-refractivity contribution in [1.29, 1.82) is 0 Å². The maximum absolute atomic E-state index is 14.0. The van der Waals surface area contributed by atoms with E-state index in [4.69, 9.17) is 4.74 Å². The van der Waals surface area contributed by atoms with Crippen LogP contribution in [0.25, 0.3) is 0 Å². The number of hydrogen-bond acceptors (Lipinski definition) is 3. The summed E-state index contributed by atoms with van der Waals surface area (Å²) in [6.45, 7) is 2.29. The van der Waals surface area contributed by atoms with Crippen LogP contribution in [-0.2, 0) is 11.3 Å². The summed E-state index contributed by atoms with van der Waals surface area (Å²) in [6, 6.07) is 24.0. The first kappa shape index (κ1) is 21.5. The third-order valence-electron chi connectivity index (χ3n) is 5.24. The molecule has 0 unspecified atom stereocenters. The van der Waals surface area contributed by atoms with Crippen molar-refractivity contribution < 1.29 is 13.9 Å². The van der Waals surface area contributed by atoms with E-state index in [2.05, 4.69) is 5.32 Å². The lowest BCUT2D eigenvalue weighted by Crippen LogP contribution is -2.44. The van der Waals surface area contributed by atoms with Crippen LogP contribution in [0.3, 0.4) is 0 Å². The second kappa shape index (κ2) is 10.0. The van der Waals surface area contributed by atoms with Gasteiger partial charge >= 0.3 is 0 Å². The van der Waals surface area contributed by atoms with Gasteiger partial charge < -0.3 is 10.1 Å². The van der Waals surface area contributed by atoms with Gasteiger partial charge in [-0.05, 0) is 42.8 Å². The first-order valence-electron chi connectivity index (χ1n) is 9.92. The lowest BCUT2D eigenvalue weighted by molar-refractivity contribution is -0.126. The van der Waals surface area contributed by atoms with Crippen LogP contribution in [0.5, 0.6) is 5.75 Å². The molecule has 0 saturated heterocycles. The van der Waals surface area contributed by atoms with Crippen molar-refractivity contribution in [3.63, 3.8) is 0 Å². The van der Waals surface area contributed by atoms with Gasteiger partial charge in [0.1, 0.15) is 0 Å². The first-order valence-corrected chi connectivity index (χ1v) is 9.92. The molecule has 156 valence electrons. The molecular formula is C25H27FN2O2. The first-order chi connectivity index (χ1) is 14.5. The summed E-state index contributed by atoms with van der Waals surface area (Å²) >= 11 is 0. The zero-order valence-corrected chi connectivity index (χ0v) is 17.5. The number of carbonyl (C=O) groups is 1. The van der Waals surface area contributed by atoms with Gasteiger partial charge in [0.05, 0.1) is 19.2 Å². The number of halogens is 1. The Hall–Kier alpha value is -3.18. The SMILES string of the molecule is COc1ccc(CN(C)[C@@H](C)C(=O)NC(c2ccccc2)c2ccccc2)cc1F. The summed E-state index contributed by atoms with van der Waals surface area (Å²) < 4.78 is 19.0. The van der Waals surface area contributed by atoms with Crippen LogP contribution in [0.4, 0.5) is 4.39 Å². The van der Waals surface area contributed by atoms with Crippen LogP contribution in [0.15, 0.2) is 78.9 Å². The van der Waals surface area contributed by atoms with Crippen LogP contribution in [-0.4, -0.2) is 31.0 Å². The molecule has 0 fully saturated rings. The molecule has 0 aliphatic heterocycles. The van der Waals surface area contributed by atoms with E-state index in [9.17, 15) is 9.18 Å². The minimum Gasteiger partial charge on any atom is -0.494 e. The summed E-state index contributed by atoms with van der Waals surface area (Å²) in [7, 11) is 3.29. The lowest BCUT2D eigenvalue weighted by Gasteiger charge is -2.27. The second-order valence-corrected chi connectivity index (χ2v) is 7.32. The predicted molar refractivity (Wildman–Crippen MR) is 117 cm³/mol. The Morgan fingerprint density at radius 1 is 1.00 bits per heavy atom. The average molecular weight is 407 g/mol. The molecule has 0 spiro atoms. The molecule has 3 aromatic rings. The van der Waals surface area contributed by atoms with Gasteiger partial charge in [0, 0.05) is 6.54 Å². The van der Waals surface area contributed by atoms with Crippen molar-refractivity contribution >= 4 is 5.91 Å². The minimum atomic E-state index is -0.409. The number of rotatable bonds is 8. The highest BCUT2D eigenvalue weighted by Gasteiger charge is 2.23. The number of amides is 1. The van der Waals surface area contributed by atoms with Crippen molar-refractivity contribution in [2.24, 2.45) is 0 Å². The molecule has 0 radical (unpaired) electrons. The standard InChI is InChI=1S/C25H27FN2O2/c1-18(28(2)17-19-14-15-23(30-3)22(26)16-19)25(29)27-24(20-10-6-4-7-11-20)21-12-8-5-9-13-21/h4-16,18,24H,17H2,1-3H3,(H,27,29)/t18-/m0/s1. The highest BCUT2D eigenvalue weighted by atomic mass is 19.1. The molecule has 4 nitrogen and oxygen atoms in total. The Kier molecular flexibility index (Phi) is 7.20. The number of likely N-dealkylation sites (N-methyl/N-ethyl adjacent to an activating group) is 1. The quantitative estimate of drug-likeness (QED) is 0.596. The van der Waals surface area contributed by atoms with Crippen LogP contribution in [0.2, 0.25) is 0 Å². The highest BCUT2D eigenvalue weighted by molar-refractivity contribution is 5.82. The molecule has 3 rings (SSSR count). The second-order valence-electron chi connectivity index (χ2n) is 7.32. The molecule has 0 aliphatic carbocycles. The molecule has 30 heavy (non-hydrogen) atoms. The number of benzene rings is 3. The zero-order valence-electron chi connectivity index (χ0n) is 17.5. The van der Waals surface area contributed by atoms with Crippen molar-refractivity contribution in [2.45, 2.75) is 25.6 Å². The van der Waals surface area contributed by atoms with Crippen molar-refractivity contribution in [1.82, 2.24) is 10.2 Å². The van der Waals surface area contributed by atoms with Crippen LogP contribution in [0.1, 0.15) is 29.7 Å². The van der Waals surface area contributed by atoms with Gasteiger partial charge in [-0.2, -0.15) is 0 Å². The zero-order chi connectivity index (χ0) is 21.5.